The lowest BCUT2D eigenvalue weighted by atomic mass is 9.92. The highest BCUT2D eigenvalue weighted by Gasteiger charge is 2.16. The van der Waals surface area contributed by atoms with Crippen molar-refractivity contribution >= 4 is 0 Å². The van der Waals surface area contributed by atoms with Gasteiger partial charge in [0.2, 0.25) is 0 Å². The average molecular weight is 341 g/mol. The maximum Gasteiger partial charge on any atom is 0.272 e. The van der Waals surface area contributed by atoms with Crippen LogP contribution in [0, 0.1) is 33.6 Å². The largest absolute Gasteiger partial charge is 0.323 e. The minimum absolute atomic E-state index is 0.0784. The van der Waals surface area contributed by atoms with Crippen LogP contribution >= 0.6 is 0 Å². The smallest absolute Gasteiger partial charge is 0.272 e. The first-order valence-corrected chi connectivity index (χ1v) is 9.29. The minimum Gasteiger partial charge on any atom is -0.323 e. The summed E-state index contributed by atoms with van der Waals surface area (Å²) in [4.78, 5) is 12.9. The number of rotatable bonds is 6. The molecule has 0 amide bonds. The molecular formula is C22H32N2O. The Balaban J connectivity index is 2.53. The van der Waals surface area contributed by atoms with Crippen molar-refractivity contribution in [2.45, 2.75) is 61.3 Å². The highest BCUT2D eigenvalue weighted by atomic mass is 16.1. The fourth-order valence-corrected chi connectivity index (χ4v) is 3.58. The predicted molar refractivity (Wildman–Crippen MR) is 107 cm³/mol. The summed E-state index contributed by atoms with van der Waals surface area (Å²) in [6, 6.07) is 6.64. The number of hydrogen-bond donors (Lipinski definition) is 1. The third kappa shape index (κ3) is 4.33. The van der Waals surface area contributed by atoms with Gasteiger partial charge in [0, 0.05) is 17.8 Å². The zero-order chi connectivity index (χ0) is 18.7. The number of hydrogen-bond acceptors (Lipinski definition) is 2. The Morgan fingerprint density at radius 3 is 2.12 bits per heavy atom. The van der Waals surface area contributed by atoms with E-state index in [1.165, 1.54) is 27.8 Å². The zero-order valence-electron chi connectivity index (χ0n) is 16.8. The Hall–Kier alpha value is -2.03. The summed E-state index contributed by atoms with van der Waals surface area (Å²) in [6.07, 6.45) is 1.75. The van der Waals surface area contributed by atoms with Crippen molar-refractivity contribution in [3.63, 3.8) is 0 Å². The van der Waals surface area contributed by atoms with Gasteiger partial charge in [-0.15, -0.1) is 0 Å². The Morgan fingerprint density at radius 1 is 1.00 bits per heavy atom. The monoisotopic (exact) mass is 340 g/mol. The molecule has 0 aliphatic rings. The van der Waals surface area contributed by atoms with Gasteiger partial charge < -0.3 is 5.43 Å². The molecule has 2 aromatic rings. The van der Waals surface area contributed by atoms with E-state index in [-0.39, 0.29) is 5.56 Å². The summed E-state index contributed by atoms with van der Waals surface area (Å²) >= 11 is 0. The van der Waals surface area contributed by atoms with E-state index in [4.69, 9.17) is 0 Å². The first-order chi connectivity index (χ1) is 11.7. The van der Waals surface area contributed by atoms with Crippen LogP contribution in [0.25, 0.3) is 0 Å². The number of aromatic nitrogens is 1. The van der Waals surface area contributed by atoms with E-state index in [2.05, 4.69) is 65.2 Å². The van der Waals surface area contributed by atoms with Crippen LogP contribution in [0.3, 0.4) is 0 Å². The maximum atomic E-state index is 12.9. The summed E-state index contributed by atoms with van der Waals surface area (Å²) < 4.78 is 1.75. The van der Waals surface area contributed by atoms with Crippen molar-refractivity contribution in [3.8, 4) is 0 Å². The van der Waals surface area contributed by atoms with Crippen LogP contribution in [0.4, 0.5) is 0 Å². The van der Waals surface area contributed by atoms with Gasteiger partial charge in [-0.3, -0.25) is 4.79 Å². The van der Waals surface area contributed by atoms with E-state index in [0.717, 1.165) is 30.6 Å². The van der Waals surface area contributed by atoms with Crippen molar-refractivity contribution in [1.82, 2.24) is 4.68 Å². The van der Waals surface area contributed by atoms with Crippen molar-refractivity contribution in [1.29, 1.82) is 0 Å². The van der Waals surface area contributed by atoms with Gasteiger partial charge in [0.15, 0.2) is 0 Å². The SMILES string of the molecule is CCc1c(Cc2cc(C)cc(C)c2)c(C)c(=O)n(NCC(C)C)c1C. The normalized spacial score (nSPS) is 11.2. The van der Waals surface area contributed by atoms with Gasteiger partial charge in [-0.1, -0.05) is 50.1 Å². The molecule has 25 heavy (non-hydrogen) atoms. The summed E-state index contributed by atoms with van der Waals surface area (Å²) in [5.74, 6) is 0.492. The fourth-order valence-electron chi connectivity index (χ4n) is 3.58. The molecule has 0 aliphatic heterocycles. The highest BCUT2D eigenvalue weighted by Crippen LogP contribution is 2.21. The molecule has 0 spiro atoms. The number of nitrogens with zero attached hydrogens (tertiary/aromatic N) is 1. The van der Waals surface area contributed by atoms with E-state index < -0.39 is 0 Å². The molecule has 0 radical (unpaired) electrons. The maximum absolute atomic E-state index is 12.9. The van der Waals surface area contributed by atoms with E-state index in [9.17, 15) is 4.79 Å². The van der Waals surface area contributed by atoms with E-state index in [1.54, 1.807) is 4.68 Å². The number of pyridine rings is 1. The molecule has 3 nitrogen and oxygen atoms in total. The second-order valence-electron chi connectivity index (χ2n) is 7.59. The lowest BCUT2D eigenvalue weighted by Gasteiger charge is -2.22. The van der Waals surface area contributed by atoms with Crippen LogP contribution in [0.2, 0.25) is 0 Å². The van der Waals surface area contributed by atoms with Gasteiger partial charge >= 0.3 is 0 Å². The van der Waals surface area contributed by atoms with E-state index >= 15 is 0 Å². The lowest BCUT2D eigenvalue weighted by Crippen LogP contribution is -2.36. The van der Waals surface area contributed by atoms with Crippen LogP contribution in [-0.2, 0) is 12.8 Å². The number of nitrogens with one attached hydrogen (secondary N) is 1. The summed E-state index contributed by atoms with van der Waals surface area (Å²) in [6.45, 7) is 15.5. The molecule has 0 saturated heterocycles. The quantitative estimate of drug-likeness (QED) is 0.844. The van der Waals surface area contributed by atoms with Crippen LogP contribution in [0.15, 0.2) is 23.0 Å². The van der Waals surface area contributed by atoms with Crippen LogP contribution in [0.5, 0.6) is 0 Å². The standard InChI is InChI=1S/C22H32N2O/c1-8-20-18(7)24(23-13-14(2)3)22(25)17(6)21(20)12-19-10-15(4)9-16(5)11-19/h9-11,14,23H,8,12-13H2,1-7H3. The topological polar surface area (TPSA) is 34.0 Å². The zero-order valence-corrected chi connectivity index (χ0v) is 16.8. The molecule has 136 valence electrons. The van der Waals surface area contributed by atoms with Gasteiger partial charge in [-0.05, 0) is 63.1 Å². The Bertz CT molecular complexity index is 796. The molecule has 1 aromatic carbocycles. The molecule has 2 rings (SSSR count). The summed E-state index contributed by atoms with van der Waals surface area (Å²) in [7, 11) is 0. The Kier molecular flexibility index (Phi) is 6.10. The number of benzene rings is 1. The Morgan fingerprint density at radius 2 is 1.60 bits per heavy atom. The van der Waals surface area contributed by atoms with Crippen molar-refractivity contribution in [2.24, 2.45) is 5.92 Å². The predicted octanol–water partition coefficient (Wildman–Crippen LogP) is 4.43. The molecule has 0 bridgehead atoms. The average Bonchev–Trinajstić information content (AvgIpc) is 2.51. The second-order valence-corrected chi connectivity index (χ2v) is 7.59. The Labute approximate surface area is 152 Å². The van der Waals surface area contributed by atoms with Crippen LogP contribution in [-0.4, -0.2) is 11.2 Å². The molecular weight excluding hydrogens is 308 g/mol. The molecule has 0 atom stereocenters. The molecule has 0 aliphatic carbocycles. The van der Waals surface area contributed by atoms with Gasteiger partial charge in [0.25, 0.3) is 5.56 Å². The van der Waals surface area contributed by atoms with E-state index in [0.29, 0.717) is 5.92 Å². The van der Waals surface area contributed by atoms with E-state index in [1.807, 2.05) is 6.92 Å². The lowest BCUT2D eigenvalue weighted by molar-refractivity contribution is 0.622. The highest BCUT2D eigenvalue weighted by molar-refractivity contribution is 5.42. The van der Waals surface area contributed by atoms with Gasteiger partial charge in [-0.2, -0.15) is 0 Å². The molecule has 1 heterocycles. The number of aryl methyl sites for hydroxylation is 2. The molecule has 1 aromatic heterocycles. The molecule has 0 saturated carbocycles. The van der Waals surface area contributed by atoms with Gasteiger partial charge in [0.05, 0.1) is 0 Å². The molecule has 1 N–H and O–H groups in total. The van der Waals surface area contributed by atoms with Crippen molar-refractivity contribution < 1.29 is 0 Å². The molecule has 0 unspecified atom stereocenters. The first kappa shape index (κ1) is 19.3. The fraction of sp³-hybridized carbons (Fsp3) is 0.500. The van der Waals surface area contributed by atoms with Crippen molar-refractivity contribution in [2.75, 3.05) is 12.0 Å². The third-order valence-electron chi connectivity index (χ3n) is 4.79. The minimum atomic E-state index is 0.0784. The first-order valence-electron chi connectivity index (χ1n) is 9.29. The van der Waals surface area contributed by atoms with Gasteiger partial charge in [0.1, 0.15) is 0 Å². The van der Waals surface area contributed by atoms with Crippen molar-refractivity contribution in [3.05, 3.63) is 67.6 Å². The summed E-state index contributed by atoms with van der Waals surface area (Å²) in [5.41, 5.74) is 11.6. The van der Waals surface area contributed by atoms with Gasteiger partial charge in [-0.25, -0.2) is 4.68 Å². The van der Waals surface area contributed by atoms with Crippen LogP contribution < -0.4 is 11.0 Å². The third-order valence-corrected chi connectivity index (χ3v) is 4.79. The van der Waals surface area contributed by atoms with Crippen LogP contribution in [0.1, 0.15) is 59.8 Å². The summed E-state index contributed by atoms with van der Waals surface area (Å²) in [5, 5.41) is 0. The molecule has 3 heteroatoms. The molecule has 0 fully saturated rings. The second kappa shape index (κ2) is 7.90.